The number of ether oxygens (including phenoxy) is 2. The number of methoxy groups -OCH3 is 2. The van der Waals surface area contributed by atoms with Gasteiger partial charge in [-0.3, -0.25) is 9.59 Å². The molecular formula is C26H24F6N2O5. The molecule has 13 heteroatoms. The van der Waals surface area contributed by atoms with Crippen LogP contribution in [0.3, 0.4) is 0 Å². The molecule has 2 bridgehead atoms. The van der Waals surface area contributed by atoms with Gasteiger partial charge in [0.2, 0.25) is 11.8 Å². The molecule has 3 aliphatic rings. The molecule has 2 saturated carbocycles. The minimum atomic E-state index is -5.00. The number of rotatable bonds is 6. The van der Waals surface area contributed by atoms with Gasteiger partial charge in [-0.05, 0) is 43.0 Å². The molecule has 0 heterocycles. The van der Waals surface area contributed by atoms with Crippen LogP contribution in [0.15, 0.2) is 53.2 Å². The zero-order valence-electron chi connectivity index (χ0n) is 20.7. The second-order valence-electron chi connectivity index (χ2n) is 9.45. The van der Waals surface area contributed by atoms with Crippen molar-refractivity contribution in [1.82, 2.24) is 5.32 Å². The summed E-state index contributed by atoms with van der Waals surface area (Å²) in [6, 6.07) is 1.04. The summed E-state index contributed by atoms with van der Waals surface area (Å²) in [6.45, 7) is 0. The van der Waals surface area contributed by atoms with Gasteiger partial charge in [0, 0.05) is 42.8 Å². The van der Waals surface area contributed by atoms with E-state index in [0.29, 0.717) is 36.6 Å². The van der Waals surface area contributed by atoms with Gasteiger partial charge in [-0.1, -0.05) is 5.57 Å². The number of carbonyl (C=O) groups is 3. The Bertz CT molecular complexity index is 1290. The van der Waals surface area contributed by atoms with E-state index < -0.39 is 83.3 Å². The molecule has 0 aliphatic heterocycles. The number of hydrogen-bond acceptors (Lipinski definition) is 5. The van der Waals surface area contributed by atoms with Crippen LogP contribution in [0.1, 0.15) is 24.8 Å². The van der Waals surface area contributed by atoms with Crippen LogP contribution in [0.25, 0.3) is 0 Å². The standard InChI is InChI=1S/C26H24F6N2O5/c1-38-20-10-19(29)18(28)8-15(20)24(36)34-23-13-5-4-12(14(13)9-21(35)39-2)22(23)25(37)33-11-3-6-17(27)16(7-11)26(30,31)32/h3,6-9,12-13,20,22-23H,4-5,10H2,1-2H3,(H,33,37)(H,34,36)/b14-9-/t12?,13?,20?,22-,23+/m0/s1. The van der Waals surface area contributed by atoms with E-state index >= 15 is 0 Å². The molecule has 39 heavy (non-hydrogen) atoms. The molecule has 3 unspecified atom stereocenters. The molecule has 2 fully saturated rings. The summed E-state index contributed by atoms with van der Waals surface area (Å²) in [6.07, 6.45) is -3.80. The van der Waals surface area contributed by atoms with E-state index in [-0.39, 0.29) is 11.3 Å². The lowest BCUT2D eigenvalue weighted by Gasteiger charge is -2.31. The molecule has 3 aliphatic carbocycles. The number of carbonyl (C=O) groups excluding carboxylic acids is 3. The molecule has 0 spiro atoms. The van der Waals surface area contributed by atoms with Gasteiger partial charge < -0.3 is 20.1 Å². The average molecular weight is 558 g/mol. The van der Waals surface area contributed by atoms with Crippen molar-refractivity contribution in [2.45, 2.75) is 37.6 Å². The van der Waals surface area contributed by atoms with Gasteiger partial charge in [-0.2, -0.15) is 13.2 Å². The third kappa shape index (κ3) is 5.58. The van der Waals surface area contributed by atoms with Crippen molar-refractivity contribution in [2.75, 3.05) is 19.5 Å². The third-order valence-electron chi connectivity index (χ3n) is 7.32. The molecule has 0 radical (unpaired) electrons. The van der Waals surface area contributed by atoms with E-state index in [1.807, 2.05) is 0 Å². The summed E-state index contributed by atoms with van der Waals surface area (Å²) in [7, 11) is 2.37. The summed E-state index contributed by atoms with van der Waals surface area (Å²) in [4.78, 5) is 38.6. The van der Waals surface area contributed by atoms with Crippen molar-refractivity contribution >= 4 is 23.5 Å². The van der Waals surface area contributed by atoms with Crippen molar-refractivity contribution in [3.8, 4) is 0 Å². The zero-order valence-corrected chi connectivity index (χ0v) is 20.7. The first kappa shape index (κ1) is 28.4. The number of anilines is 1. The summed E-state index contributed by atoms with van der Waals surface area (Å²) < 4.78 is 90.7. The number of esters is 1. The minimum Gasteiger partial charge on any atom is -0.466 e. The van der Waals surface area contributed by atoms with E-state index in [2.05, 4.69) is 10.6 Å². The quantitative estimate of drug-likeness (QED) is 0.304. The lowest BCUT2D eigenvalue weighted by molar-refractivity contribution is -0.140. The number of nitrogens with one attached hydrogen (secondary N) is 2. The van der Waals surface area contributed by atoms with Gasteiger partial charge in [0.15, 0.2) is 5.83 Å². The van der Waals surface area contributed by atoms with Crippen molar-refractivity contribution in [3.05, 3.63) is 64.5 Å². The molecule has 2 amide bonds. The fourth-order valence-corrected chi connectivity index (χ4v) is 5.57. The second kappa shape index (κ2) is 10.9. The van der Waals surface area contributed by atoms with Gasteiger partial charge in [-0.25, -0.2) is 18.0 Å². The average Bonchev–Trinajstić information content (AvgIpc) is 3.39. The minimum absolute atomic E-state index is 0.217. The Labute approximate surface area is 218 Å². The molecule has 1 aromatic rings. The molecule has 210 valence electrons. The highest BCUT2D eigenvalue weighted by Crippen LogP contribution is 2.53. The summed E-state index contributed by atoms with van der Waals surface area (Å²) in [5.41, 5.74) is -1.59. The van der Waals surface area contributed by atoms with Crippen LogP contribution in [0, 0.1) is 23.6 Å². The lowest BCUT2D eigenvalue weighted by Crippen LogP contribution is -2.49. The van der Waals surface area contributed by atoms with Crippen LogP contribution < -0.4 is 10.6 Å². The molecule has 1 aromatic carbocycles. The normalized spacial score (nSPS) is 27.4. The Morgan fingerprint density at radius 2 is 1.74 bits per heavy atom. The van der Waals surface area contributed by atoms with Crippen LogP contribution >= 0.6 is 0 Å². The van der Waals surface area contributed by atoms with Gasteiger partial charge in [0.1, 0.15) is 11.6 Å². The smallest absolute Gasteiger partial charge is 0.419 e. The van der Waals surface area contributed by atoms with Crippen LogP contribution in [0.5, 0.6) is 0 Å². The number of hydrogen-bond donors (Lipinski definition) is 2. The zero-order chi connectivity index (χ0) is 28.6. The lowest BCUT2D eigenvalue weighted by atomic mass is 9.83. The number of benzene rings is 1. The maximum atomic E-state index is 14.0. The Hall–Kier alpha value is -3.61. The highest BCUT2D eigenvalue weighted by Gasteiger charge is 2.55. The maximum Gasteiger partial charge on any atom is 0.419 e. The predicted octanol–water partition coefficient (Wildman–Crippen LogP) is 4.52. The van der Waals surface area contributed by atoms with Crippen LogP contribution in [-0.4, -0.2) is 44.1 Å². The highest BCUT2D eigenvalue weighted by atomic mass is 19.4. The number of allylic oxidation sites excluding steroid dienone is 2. The first-order valence-corrected chi connectivity index (χ1v) is 11.9. The molecule has 2 N–H and O–H groups in total. The van der Waals surface area contributed by atoms with E-state index in [1.165, 1.54) is 13.2 Å². The summed E-state index contributed by atoms with van der Waals surface area (Å²) in [5, 5.41) is 5.03. The van der Waals surface area contributed by atoms with Crippen LogP contribution in [0.4, 0.5) is 32.0 Å². The van der Waals surface area contributed by atoms with Crippen molar-refractivity contribution < 1.29 is 50.2 Å². The largest absolute Gasteiger partial charge is 0.466 e. The Morgan fingerprint density at radius 3 is 2.38 bits per heavy atom. The Balaban J connectivity index is 1.65. The summed E-state index contributed by atoms with van der Waals surface area (Å²) >= 11 is 0. The second-order valence-corrected chi connectivity index (χ2v) is 9.45. The number of alkyl halides is 3. The predicted molar refractivity (Wildman–Crippen MR) is 125 cm³/mol. The van der Waals surface area contributed by atoms with Gasteiger partial charge in [0.05, 0.1) is 24.7 Å². The fraction of sp³-hybridized carbons (Fsp3) is 0.423. The molecule has 7 nitrogen and oxygen atoms in total. The summed E-state index contributed by atoms with van der Waals surface area (Å²) in [5.74, 6) is -8.29. The van der Waals surface area contributed by atoms with E-state index in [9.17, 15) is 40.7 Å². The number of amides is 2. The molecule has 5 atom stereocenters. The van der Waals surface area contributed by atoms with Crippen molar-refractivity contribution in [3.63, 3.8) is 0 Å². The number of fused-ring (bicyclic) bond motifs is 2. The maximum absolute atomic E-state index is 14.0. The fourth-order valence-electron chi connectivity index (χ4n) is 5.57. The van der Waals surface area contributed by atoms with Gasteiger partial charge in [-0.15, -0.1) is 0 Å². The van der Waals surface area contributed by atoms with Crippen LogP contribution in [0.2, 0.25) is 0 Å². The first-order valence-electron chi connectivity index (χ1n) is 11.9. The highest BCUT2D eigenvalue weighted by molar-refractivity contribution is 5.98. The van der Waals surface area contributed by atoms with E-state index in [0.717, 1.165) is 13.2 Å². The van der Waals surface area contributed by atoms with Gasteiger partial charge in [0.25, 0.3) is 0 Å². The Morgan fingerprint density at radius 1 is 1.05 bits per heavy atom. The number of halogens is 6. The molecule has 4 rings (SSSR count). The van der Waals surface area contributed by atoms with E-state index in [4.69, 9.17) is 9.47 Å². The third-order valence-corrected chi connectivity index (χ3v) is 7.32. The van der Waals surface area contributed by atoms with E-state index in [1.54, 1.807) is 0 Å². The van der Waals surface area contributed by atoms with Crippen LogP contribution in [-0.2, 0) is 30.0 Å². The Kier molecular flexibility index (Phi) is 7.92. The van der Waals surface area contributed by atoms with Crippen molar-refractivity contribution in [1.29, 1.82) is 0 Å². The van der Waals surface area contributed by atoms with Gasteiger partial charge >= 0.3 is 12.1 Å². The molecular weight excluding hydrogens is 534 g/mol. The first-order chi connectivity index (χ1) is 18.3. The molecule has 0 aromatic heterocycles. The topological polar surface area (TPSA) is 93.7 Å². The monoisotopic (exact) mass is 558 g/mol. The molecule has 0 saturated heterocycles. The van der Waals surface area contributed by atoms with Crippen molar-refractivity contribution in [2.24, 2.45) is 17.8 Å². The SMILES string of the molecule is COC(=O)/C=C1\C2CCC1[C@H](C(=O)Nc1ccc(F)c(C(F)(F)F)c1)[C@@H]2NC(=O)C1=CC(F)=C(F)CC1OC.